The van der Waals surface area contributed by atoms with E-state index in [0.29, 0.717) is 0 Å². The Kier molecular flexibility index (Phi) is 3.53. The van der Waals surface area contributed by atoms with E-state index >= 15 is 0 Å². The van der Waals surface area contributed by atoms with Crippen LogP contribution in [0.3, 0.4) is 0 Å². The molecule has 0 radical (unpaired) electrons. The van der Waals surface area contributed by atoms with Gasteiger partial charge < -0.3 is 9.38 Å². The molecule has 1 heterocycles. The third kappa shape index (κ3) is 2.46. The Bertz CT molecular complexity index is 126. The Hall–Kier alpha value is -0.0800. The Labute approximate surface area is 76.7 Å². The highest BCUT2D eigenvalue weighted by Gasteiger charge is 2.28. The molecule has 1 saturated heterocycles. The van der Waals surface area contributed by atoms with Crippen molar-refractivity contribution >= 4 is 0 Å². The Morgan fingerprint density at radius 3 is 2.17 bits per heavy atom. The summed E-state index contributed by atoms with van der Waals surface area (Å²) in [5, 5.41) is 0. The van der Waals surface area contributed by atoms with Crippen LogP contribution in [0.15, 0.2) is 0 Å². The first-order chi connectivity index (χ1) is 5.70. The number of nitrogens with one attached hydrogen (secondary N) is 1. The number of rotatable bonds is 3. The van der Waals surface area contributed by atoms with Gasteiger partial charge in [0.15, 0.2) is 0 Å². The molecule has 0 aromatic heterocycles. The molecule has 2 heteroatoms. The van der Waals surface area contributed by atoms with Crippen molar-refractivity contribution < 1.29 is 9.38 Å². The van der Waals surface area contributed by atoms with Gasteiger partial charge in [0.2, 0.25) is 0 Å². The van der Waals surface area contributed by atoms with Gasteiger partial charge in [-0.1, -0.05) is 6.92 Å². The lowest BCUT2D eigenvalue weighted by atomic mass is 10.2. The second-order valence-electron chi connectivity index (χ2n) is 4.38. The van der Waals surface area contributed by atoms with Gasteiger partial charge in [-0.3, -0.25) is 0 Å². The molecule has 1 aliphatic heterocycles. The van der Waals surface area contributed by atoms with Crippen LogP contribution in [-0.2, 0) is 0 Å². The van der Waals surface area contributed by atoms with E-state index in [1.807, 2.05) is 4.90 Å². The second-order valence-corrected chi connectivity index (χ2v) is 4.38. The van der Waals surface area contributed by atoms with E-state index < -0.39 is 0 Å². The lowest BCUT2D eigenvalue weighted by molar-refractivity contribution is -1.01. The summed E-state index contributed by atoms with van der Waals surface area (Å²) in [5.74, 6) is 0. The van der Waals surface area contributed by atoms with Crippen molar-refractivity contribution in [2.24, 2.45) is 0 Å². The first-order valence-corrected chi connectivity index (χ1v) is 5.37. The fraction of sp³-hybridized carbons (Fsp3) is 1.00. The normalized spacial score (nSPS) is 36.8. The average Bonchev–Trinajstić information content (AvgIpc) is 2.10. The summed E-state index contributed by atoms with van der Waals surface area (Å²) in [5.41, 5.74) is 0. The van der Waals surface area contributed by atoms with E-state index in [9.17, 15) is 0 Å². The van der Waals surface area contributed by atoms with Crippen LogP contribution in [-0.4, -0.2) is 50.8 Å². The molecule has 0 bridgehead atoms. The number of hydrogen-bond donors (Lipinski definition) is 1. The van der Waals surface area contributed by atoms with E-state index in [0.717, 1.165) is 0 Å². The molecule has 0 atom stereocenters. The maximum atomic E-state index is 2.39. The minimum Gasteiger partial charge on any atom is -0.326 e. The van der Waals surface area contributed by atoms with Gasteiger partial charge in [-0.2, -0.15) is 0 Å². The summed E-state index contributed by atoms with van der Waals surface area (Å²) in [4.78, 5) is 1.82. The molecule has 0 aliphatic carbocycles. The van der Waals surface area contributed by atoms with Gasteiger partial charge in [-0.25, -0.2) is 0 Å². The van der Waals surface area contributed by atoms with Gasteiger partial charge in [0.1, 0.15) is 26.2 Å². The zero-order valence-corrected chi connectivity index (χ0v) is 8.90. The van der Waals surface area contributed by atoms with Crippen molar-refractivity contribution in [3.05, 3.63) is 0 Å². The number of hydrogen-bond acceptors (Lipinski definition) is 0. The lowest BCUT2D eigenvalue weighted by Crippen LogP contribution is -3.15. The molecular formula is C10H24N2+2. The first kappa shape index (κ1) is 10.0. The fourth-order valence-corrected chi connectivity index (χ4v) is 2.01. The summed E-state index contributed by atoms with van der Waals surface area (Å²) in [6.07, 6.45) is 1.34. The van der Waals surface area contributed by atoms with Crippen LogP contribution in [0.5, 0.6) is 0 Å². The molecule has 0 aromatic carbocycles. The predicted octanol–water partition coefficient (Wildman–Crippen LogP) is -0.239. The quantitative estimate of drug-likeness (QED) is 0.561. The van der Waals surface area contributed by atoms with E-state index in [1.165, 1.54) is 50.2 Å². The molecule has 0 unspecified atom stereocenters. The van der Waals surface area contributed by atoms with Gasteiger partial charge in [-0.15, -0.1) is 0 Å². The SMILES string of the molecule is CCC[NH+]1CC[N+](C)(CC)CC1. The number of piperazine rings is 1. The van der Waals surface area contributed by atoms with Crippen LogP contribution in [0.2, 0.25) is 0 Å². The monoisotopic (exact) mass is 172 g/mol. The van der Waals surface area contributed by atoms with Crippen molar-refractivity contribution in [3.63, 3.8) is 0 Å². The van der Waals surface area contributed by atoms with Crippen LogP contribution < -0.4 is 4.90 Å². The third-order valence-corrected chi connectivity index (χ3v) is 3.38. The van der Waals surface area contributed by atoms with Crippen molar-refractivity contribution in [1.29, 1.82) is 0 Å². The van der Waals surface area contributed by atoms with Crippen LogP contribution in [0.4, 0.5) is 0 Å². The predicted molar refractivity (Wildman–Crippen MR) is 52.3 cm³/mol. The summed E-state index contributed by atoms with van der Waals surface area (Å²) in [6.45, 7) is 12.8. The van der Waals surface area contributed by atoms with E-state index in [-0.39, 0.29) is 0 Å². The lowest BCUT2D eigenvalue weighted by Gasteiger charge is -2.39. The molecule has 2 nitrogen and oxygen atoms in total. The van der Waals surface area contributed by atoms with Crippen LogP contribution in [0, 0.1) is 0 Å². The summed E-state index contributed by atoms with van der Waals surface area (Å²) >= 11 is 0. The molecule has 1 N–H and O–H groups in total. The zero-order valence-electron chi connectivity index (χ0n) is 8.90. The molecule has 12 heavy (non-hydrogen) atoms. The Morgan fingerprint density at radius 2 is 1.75 bits per heavy atom. The topological polar surface area (TPSA) is 4.44 Å². The highest BCUT2D eigenvalue weighted by Crippen LogP contribution is 2.00. The van der Waals surface area contributed by atoms with E-state index in [2.05, 4.69) is 20.9 Å². The highest BCUT2D eigenvalue weighted by molar-refractivity contribution is 4.43. The minimum atomic E-state index is 1.30. The van der Waals surface area contributed by atoms with Crippen LogP contribution in [0.25, 0.3) is 0 Å². The molecular weight excluding hydrogens is 148 g/mol. The standard InChI is InChI=1S/C10H23N2/c1-4-6-11-7-9-12(3,5-2)10-8-11/h4-10H2,1-3H3/q+1/p+1. The second kappa shape index (κ2) is 4.24. The van der Waals surface area contributed by atoms with Gasteiger partial charge >= 0.3 is 0 Å². The average molecular weight is 172 g/mol. The Morgan fingerprint density at radius 1 is 1.17 bits per heavy atom. The summed E-state index contributed by atoms with van der Waals surface area (Å²) < 4.78 is 1.30. The Balaban J connectivity index is 2.29. The largest absolute Gasteiger partial charge is 0.326 e. The molecule has 1 aliphatic rings. The number of nitrogens with zero attached hydrogens (tertiary/aromatic N) is 1. The van der Waals surface area contributed by atoms with Crippen LogP contribution >= 0.6 is 0 Å². The van der Waals surface area contributed by atoms with Crippen molar-refractivity contribution in [2.45, 2.75) is 20.3 Å². The molecule has 1 rings (SSSR count). The summed E-state index contributed by atoms with van der Waals surface area (Å²) in [6, 6.07) is 0. The number of likely N-dealkylation sites (N-methyl/N-ethyl adjacent to an activating group) is 1. The first-order valence-electron chi connectivity index (χ1n) is 5.37. The van der Waals surface area contributed by atoms with Crippen molar-refractivity contribution in [3.8, 4) is 0 Å². The van der Waals surface area contributed by atoms with Crippen molar-refractivity contribution in [2.75, 3.05) is 46.3 Å². The minimum absolute atomic E-state index is 1.30. The van der Waals surface area contributed by atoms with Crippen molar-refractivity contribution in [1.82, 2.24) is 0 Å². The number of quaternary nitrogens is 2. The van der Waals surface area contributed by atoms with E-state index in [1.54, 1.807) is 0 Å². The smallest absolute Gasteiger partial charge is 0.128 e. The maximum Gasteiger partial charge on any atom is 0.128 e. The van der Waals surface area contributed by atoms with Crippen LogP contribution in [0.1, 0.15) is 20.3 Å². The highest BCUT2D eigenvalue weighted by atomic mass is 15.4. The molecule has 0 amide bonds. The van der Waals surface area contributed by atoms with Gasteiger partial charge in [0, 0.05) is 0 Å². The molecule has 0 spiro atoms. The zero-order chi connectivity index (χ0) is 9.03. The van der Waals surface area contributed by atoms with Gasteiger partial charge in [0.25, 0.3) is 0 Å². The fourth-order valence-electron chi connectivity index (χ4n) is 2.01. The van der Waals surface area contributed by atoms with E-state index in [4.69, 9.17) is 0 Å². The molecule has 1 fully saturated rings. The molecule has 0 aromatic rings. The van der Waals surface area contributed by atoms with Gasteiger partial charge in [0.05, 0.1) is 20.1 Å². The summed E-state index contributed by atoms with van der Waals surface area (Å²) in [7, 11) is 2.39. The maximum absolute atomic E-state index is 2.39. The molecule has 0 saturated carbocycles. The molecule has 72 valence electrons. The van der Waals surface area contributed by atoms with Gasteiger partial charge in [-0.05, 0) is 13.3 Å². The third-order valence-electron chi connectivity index (χ3n) is 3.38.